The first-order valence-corrected chi connectivity index (χ1v) is 6.57. The van der Waals surface area contributed by atoms with Crippen LogP contribution < -0.4 is 0 Å². The zero-order valence-electron chi connectivity index (χ0n) is 11.2. The molecule has 2 rings (SSSR count). The zero-order chi connectivity index (χ0) is 13.3. The Morgan fingerprint density at radius 1 is 1.22 bits per heavy atom. The van der Waals surface area contributed by atoms with E-state index in [2.05, 4.69) is 55.0 Å². The molecule has 0 amide bonds. The Labute approximate surface area is 113 Å². The summed E-state index contributed by atoms with van der Waals surface area (Å²) in [5, 5.41) is 0. The summed E-state index contributed by atoms with van der Waals surface area (Å²) in [4.78, 5) is 7.86. The highest BCUT2D eigenvalue weighted by Crippen LogP contribution is 2.24. The molecule has 0 fully saturated rings. The Morgan fingerprint density at radius 2 is 1.94 bits per heavy atom. The second-order valence-electron chi connectivity index (χ2n) is 4.95. The summed E-state index contributed by atoms with van der Waals surface area (Å²) < 4.78 is 0.689. The van der Waals surface area contributed by atoms with Crippen LogP contribution in [0.4, 0.5) is 0 Å². The number of nitrogens with one attached hydrogen (secondary N) is 1. The largest absolute Gasteiger partial charge is 0.343 e. The first-order chi connectivity index (χ1) is 8.49. The van der Waals surface area contributed by atoms with Crippen LogP contribution in [0.5, 0.6) is 0 Å². The van der Waals surface area contributed by atoms with Crippen molar-refractivity contribution in [1.29, 1.82) is 0 Å². The lowest BCUT2D eigenvalue weighted by atomic mass is 10.0. The summed E-state index contributed by atoms with van der Waals surface area (Å²) in [5.74, 6) is 1.29. The molecule has 0 aliphatic carbocycles. The van der Waals surface area contributed by atoms with Gasteiger partial charge in [-0.2, -0.15) is 0 Å². The number of H-pyrrole nitrogens is 1. The van der Waals surface area contributed by atoms with E-state index in [1.165, 1.54) is 11.1 Å². The van der Waals surface area contributed by atoms with Crippen molar-refractivity contribution in [2.24, 2.45) is 0 Å². The predicted molar refractivity (Wildman–Crippen MR) is 78.4 cm³/mol. The highest BCUT2D eigenvalue weighted by molar-refractivity contribution is 7.71. The number of hydrogen-bond acceptors (Lipinski definition) is 2. The number of nitrogens with zero attached hydrogens (tertiary/aromatic N) is 1. The highest BCUT2D eigenvalue weighted by Gasteiger charge is 2.09. The lowest BCUT2D eigenvalue weighted by Crippen LogP contribution is -2.02. The predicted octanol–water partition coefficient (Wildman–Crippen LogP) is 4.55. The van der Waals surface area contributed by atoms with E-state index in [9.17, 15) is 0 Å². The lowest BCUT2D eigenvalue weighted by Gasteiger charge is -2.12. The number of rotatable bonds is 2. The minimum Gasteiger partial charge on any atom is -0.343 e. The van der Waals surface area contributed by atoms with Crippen LogP contribution in [-0.2, 0) is 0 Å². The molecule has 0 aliphatic heterocycles. The maximum atomic E-state index is 5.35. The second kappa shape index (κ2) is 5.02. The fourth-order valence-corrected chi connectivity index (χ4v) is 2.11. The summed E-state index contributed by atoms with van der Waals surface area (Å²) in [5.41, 5.74) is 4.54. The maximum absolute atomic E-state index is 5.35. The van der Waals surface area contributed by atoms with Gasteiger partial charge in [0, 0.05) is 11.5 Å². The Morgan fingerprint density at radius 3 is 2.56 bits per heavy atom. The molecule has 0 saturated heterocycles. The fourth-order valence-electron chi connectivity index (χ4n) is 1.91. The van der Waals surface area contributed by atoms with Gasteiger partial charge in [0.25, 0.3) is 0 Å². The number of aromatic amines is 1. The van der Waals surface area contributed by atoms with Crippen LogP contribution >= 0.6 is 12.2 Å². The van der Waals surface area contributed by atoms with E-state index in [-0.39, 0.29) is 0 Å². The van der Waals surface area contributed by atoms with Gasteiger partial charge in [-0.3, -0.25) is 0 Å². The number of aryl methyl sites for hydroxylation is 1. The molecule has 1 aromatic heterocycles. The molecule has 0 saturated carbocycles. The van der Waals surface area contributed by atoms with Gasteiger partial charge in [0.2, 0.25) is 0 Å². The molecule has 0 aliphatic rings. The van der Waals surface area contributed by atoms with Crippen molar-refractivity contribution in [1.82, 2.24) is 9.97 Å². The topological polar surface area (TPSA) is 28.7 Å². The van der Waals surface area contributed by atoms with Crippen molar-refractivity contribution in [3.8, 4) is 11.3 Å². The molecule has 1 N–H and O–H groups in total. The quantitative estimate of drug-likeness (QED) is 0.801. The minimum absolute atomic E-state index is 0.343. The first-order valence-electron chi connectivity index (χ1n) is 6.17. The molecule has 2 nitrogen and oxygen atoms in total. The molecule has 2 aromatic rings. The lowest BCUT2D eigenvalue weighted by molar-refractivity contribution is 0.770. The molecule has 18 heavy (non-hydrogen) atoms. The van der Waals surface area contributed by atoms with Gasteiger partial charge in [0.1, 0.15) is 10.5 Å². The molecular weight excluding hydrogens is 240 g/mol. The molecule has 0 bridgehead atoms. The molecule has 3 heteroatoms. The van der Waals surface area contributed by atoms with Crippen molar-refractivity contribution in [2.45, 2.75) is 33.6 Å². The fraction of sp³-hybridized carbons (Fsp3) is 0.333. The Kier molecular flexibility index (Phi) is 3.62. The van der Waals surface area contributed by atoms with E-state index < -0.39 is 0 Å². The Balaban J connectivity index is 2.67. The molecule has 94 valence electrons. The normalized spacial score (nSPS) is 10.9. The Hall–Kier alpha value is -1.48. The third-order valence-electron chi connectivity index (χ3n) is 3.02. The van der Waals surface area contributed by atoms with Gasteiger partial charge in [-0.05, 0) is 25.5 Å². The van der Waals surface area contributed by atoms with Crippen molar-refractivity contribution < 1.29 is 0 Å². The summed E-state index contributed by atoms with van der Waals surface area (Å²) in [6.45, 7) is 8.34. The van der Waals surface area contributed by atoms with E-state index >= 15 is 0 Å². The number of aromatic nitrogens is 2. The van der Waals surface area contributed by atoms with Crippen LogP contribution in [0.25, 0.3) is 11.3 Å². The molecule has 0 spiro atoms. The van der Waals surface area contributed by atoms with Gasteiger partial charge >= 0.3 is 0 Å². The molecular formula is C15H18N2S. The summed E-state index contributed by atoms with van der Waals surface area (Å²) in [6, 6.07) is 8.43. The van der Waals surface area contributed by atoms with Gasteiger partial charge in [-0.25, -0.2) is 4.98 Å². The standard InChI is InChI=1S/C15H18N2S/c1-9(2)14-16-13(11(4)15(18)17-14)12-7-5-6-10(3)8-12/h5-9H,1-4H3,(H,16,17,18). The third kappa shape index (κ3) is 2.51. The van der Waals surface area contributed by atoms with Crippen LogP contribution in [0.3, 0.4) is 0 Å². The SMILES string of the molecule is Cc1cccc(-c2[nH]c(C(C)C)nc(=S)c2C)c1. The van der Waals surface area contributed by atoms with Crippen LogP contribution in [0.1, 0.15) is 36.7 Å². The monoisotopic (exact) mass is 258 g/mol. The van der Waals surface area contributed by atoms with Crippen LogP contribution in [0.15, 0.2) is 24.3 Å². The molecule has 1 heterocycles. The summed E-state index contributed by atoms with van der Waals surface area (Å²) >= 11 is 5.35. The second-order valence-corrected chi connectivity index (χ2v) is 5.34. The van der Waals surface area contributed by atoms with E-state index in [1.807, 2.05) is 6.92 Å². The molecule has 0 atom stereocenters. The average molecular weight is 258 g/mol. The molecule has 0 radical (unpaired) electrons. The number of benzene rings is 1. The minimum atomic E-state index is 0.343. The zero-order valence-corrected chi connectivity index (χ0v) is 12.1. The smallest absolute Gasteiger partial charge is 0.133 e. The van der Waals surface area contributed by atoms with E-state index in [4.69, 9.17) is 12.2 Å². The van der Waals surface area contributed by atoms with Crippen molar-refractivity contribution in [2.75, 3.05) is 0 Å². The van der Waals surface area contributed by atoms with E-state index in [0.717, 1.165) is 17.1 Å². The van der Waals surface area contributed by atoms with Gasteiger partial charge in [-0.1, -0.05) is 49.8 Å². The molecule has 1 aromatic carbocycles. The van der Waals surface area contributed by atoms with Gasteiger partial charge in [0.05, 0.1) is 5.69 Å². The van der Waals surface area contributed by atoms with Crippen LogP contribution in [-0.4, -0.2) is 9.97 Å². The van der Waals surface area contributed by atoms with Crippen LogP contribution in [0, 0.1) is 18.5 Å². The van der Waals surface area contributed by atoms with Crippen LogP contribution in [0.2, 0.25) is 0 Å². The summed E-state index contributed by atoms with van der Waals surface area (Å²) in [7, 11) is 0. The van der Waals surface area contributed by atoms with E-state index in [0.29, 0.717) is 10.6 Å². The van der Waals surface area contributed by atoms with Gasteiger partial charge in [-0.15, -0.1) is 0 Å². The third-order valence-corrected chi connectivity index (χ3v) is 3.42. The maximum Gasteiger partial charge on any atom is 0.133 e. The van der Waals surface area contributed by atoms with Crippen molar-refractivity contribution in [3.05, 3.63) is 45.9 Å². The average Bonchev–Trinajstić information content (AvgIpc) is 2.32. The van der Waals surface area contributed by atoms with Crippen molar-refractivity contribution >= 4 is 12.2 Å². The van der Waals surface area contributed by atoms with Gasteiger partial charge < -0.3 is 4.98 Å². The molecule has 0 unspecified atom stereocenters. The van der Waals surface area contributed by atoms with Gasteiger partial charge in [0.15, 0.2) is 0 Å². The van der Waals surface area contributed by atoms with Crippen molar-refractivity contribution in [3.63, 3.8) is 0 Å². The van der Waals surface area contributed by atoms with E-state index in [1.54, 1.807) is 0 Å². The summed E-state index contributed by atoms with van der Waals surface area (Å²) in [6.07, 6.45) is 0. The Bertz CT molecular complexity index is 627. The first kappa shape index (κ1) is 13.0. The number of hydrogen-bond donors (Lipinski definition) is 1. The highest BCUT2D eigenvalue weighted by atomic mass is 32.1.